The van der Waals surface area contributed by atoms with Gasteiger partial charge in [-0.05, 0) is 32.1 Å². The molecule has 1 saturated carbocycles. The van der Waals surface area contributed by atoms with E-state index in [1.165, 1.54) is 13.8 Å². The first-order chi connectivity index (χ1) is 28.3. The highest BCUT2D eigenvalue weighted by molar-refractivity contribution is 5.74. The molecule has 60 heavy (non-hydrogen) atoms. The molecule has 3 aliphatic rings. The van der Waals surface area contributed by atoms with Crippen molar-refractivity contribution < 1.29 is 91.5 Å². The molecule has 2 heterocycles. The molecule has 3 fully saturated rings. The summed E-state index contributed by atoms with van der Waals surface area (Å²) in [4.78, 5) is 86.4. The largest absolute Gasteiger partial charge is 0.481 e. The van der Waals surface area contributed by atoms with Gasteiger partial charge in [-0.1, -0.05) is 51.9 Å². The first-order valence-electron chi connectivity index (χ1n) is 20.6. The predicted octanol–water partition coefficient (Wildman–Crippen LogP) is 2.17. The molecule has 20 nitrogen and oxygen atoms in total. The molecule has 3 rings (SSSR count). The summed E-state index contributed by atoms with van der Waals surface area (Å²) in [6.07, 6.45) is -9.68. The Balaban J connectivity index is 2.06. The molecule has 20 heteroatoms. The number of hydrogen-bond donors (Lipinski definition) is 4. The molecule has 2 aliphatic heterocycles. The number of hydrogen-bond acceptors (Lipinski definition) is 17. The summed E-state index contributed by atoms with van der Waals surface area (Å²) in [5.74, 6) is -7.16. The molecule has 0 aromatic heterocycles. The number of aliphatic carboxylic acids is 2. The van der Waals surface area contributed by atoms with Crippen LogP contribution in [0.1, 0.15) is 113 Å². The molecular weight excluding hydrogens is 798 g/mol. The van der Waals surface area contributed by atoms with E-state index in [-0.39, 0.29) is 25.2 Å². The van der Waals surface area contributed by atoms with Crippen LogP contribution >= 0.6 is 0 Å². The molecule has 0 aromatic rings. The van der Waals surface area contributed by atoms with E-state index < -0.39 is 134 Å². The maximum atomic E-state index is 12.7. The molecule has 2 saturated heterocycles. The topological polar surface area (TPSA) is 275 Å². The van der Waals surface area contributed by atoms with Gasteiger partial charge in [0, 0.05) is 34.6 Å². The summed E-state index contributed by atoms with van der Waals surface area (Å²) in [7, 11) is 0. The van der Waals surface area contributed by atoms with Crippen LogP contribution in [-0.4, -0.2) is 144 Å². The maximum Gasteiger partial charge on any atom is 0.332 e. The number of esters is 4. The van der Waals surface area contributed by atoms with Crippen LogP contribution in [-0.2, 0) is 76.2 Å². The van der Waals surface area contributed by atoms with Crippen molar-refractivity contribution in [2.75, 3.05) is 13.2 Å². The summed E-state index contributed by atoms with van der Waals surface area (Å²) in [5.41, 5.74) is 0. The van der Waals surface area contributed by atoms with Crippen molar-refractivity contribution in [1.82, 2.24) is 5.32 Å². The molecule has 1 aliphatic carbocycles. The van der Waals surface area contributed by atoms with E-state index in [1.54, 1.807) is 0 Å². The number of nitrogens with one attached hydrogen (secondary N) is 1. The Bertz CT molecular complexity index is 1450. The van der Waals surface area contributed by atoms with Crippen molar-refractivity contribution in [3.8, 4) is 0 Å². The molecule has 0 bridgehead atoms. The number of aliphatic hydroxyl groups is 1. The summed E-state index contributed by atoms with van der Waals surface area (Å²) in [5, 5.41) is 34.8. The fourth-order valence-corrected chi connectivity index (χ4v) is 7.82. The molecular formula is C40H63NO19. The second kappa shape index (κ2) is 24.5. The predicted molar refractivity (Wildman–Crippen MR) is 203 cm³/mol. The minimum atomic E-state index is -1.66. The number of amides is 1. The lowest BCUT2D eigenvalue weighted by atomic mass is 9.85. The average molecular weight is 862 g/mol. The average Bonchev–Trinajstić information content (AvgIpc) is 3.15. The van der Waals surface area contributed by atoms with Gasteiger partial charge in [-0.3, -0.25) is 28.8 Å². The SMILES string of the molecule is CCCCC(C[C@H](COC1O[C@@H](C)C(OC(C)=O)[C@H](OC(C)=O)[C@@H]1OC(C)=O)O[C@@H]1O[C@@H](COC(C)=O)[C@H](O)C(O[C@@H](CC2CCCCC2)C(=O)O)C1NC(C)=O)C(=O)O. The Kier molecular flexibility index (Phi) is 20.6. The van der Waals surface area contributed by atoms with Gasteiger partial charge in [-0.25, -0.2) is 4.79 Å². The number of carboxylic acids is 2. The zero-order valence-electron chi connectivity index (χ0n) is 35.4. The number of carbonyl (C=O) groups is 7. The smallest absolute Gasteiger partial charge is 0.332 e. The second-order valence-corrected chi connectivity index (χ2v) is 15.7. The third-order valence-corrected chi connectivity index (χ3v) is 10.6. The minimum absolute atomic E-state index is 0.0304. The van der Waals surface area contributed by atoms with Gasteiger partial charge in [0.1, 0.15) is 31.0 Å². The summed E-state index contributed by atoms with van der Waals surface area (Å²) in [6, 6.07) is -1.40. The zero-order valence-corrected chi connectivity index (χ0v) is 35.4. The van der Waals surface area contributed by atoms with Gasteiger partial charge >= 0.3 is 35.8 Å². The number of carbonyl (C=O) groups excluding carboxylic acids is 5. The summed E-state index contributed by atoms with van der Waals surface area (Å²) in [6.45, 7) is 7.98. The Hall–Kier alpha value is -3.95. The number of ether oxygens (including phenoxy) is 9. The Labute approximate surface area is 349 Å². The molecule has 4 N–H and O–H groups in total. The van der Waals surface area contributed by atoms with Crippen molar-refractivity contribution >= 4 is 41.7 Å². The Morgan fingerprint density at radius 2 is 1.37 bits per heavy atom. The van der Waals surface area contributed by atoms with Crippen molar-refractivity contribution in [3.63, 3.8) is 0 Å². The van der Waals surface area contributed by atoms with Crippen LogP contribution in [0.15, 0.2) is 0 Å². The fraction of sp³-hybridized carbons (Fsp3) is 0.825. The molecule has 5 unspecified atom stereocenters. The van der Waals surface area contributed by atoms with Crippen molar-refractivity contribution in [2.45, 2.75) is 186 Å². The lowest BCUT2D eigenvalue weighted by molar-refractivity contribution is -0.319. The first-order valence-corrected chi connectivity index (χ1v) is 20.6. The standard InChI is InChI=1S/C40H63NO19/c1-8-9-15-27(37(48)49)17-28(18-53-40-36(57-25(7)46)35(56-24(6)45)33(20(2)54-40)55-23(5)44)58-39-31(41-21(3)42)34(32(47)30(60-39)19-52-22(4)43)59-29(38(50)51)16-26-13-11-10-12-14-26/h20,26-36,39-40,47H,8-19H2,1-7H3,(H,41,42)(H,48,49)(H,50,51)/t20-,27?,28+,29-,30-,31?,32-,33?,34?,35-,36-,39+,40?/m0/s1. The van der Waals surface area contributed by atoms with Gasteiger partial charge in [0.25, 0.3) is 0 Å². The van der Waals surface area contributed by atoms with Crippen LogP contribution in [0, 0.1) is 11.8 Å². The second-order valence-electron chi connectivity index (χ2n) is 15.7. The highest BCUT2D eigenvalue weighted by Gasteiger charge is 2.53. The number of unbranched alkanes of at least 4 members (excludes halogenated alkanes) is 1. The van der Waals surface area contributed by atoms with Crippen LogP contribution < -0.4 is 5.32 Å². The van der Waals surface area contributed by atoms with Gasteiger partial charge in [0.15, 0.2) is 37.0 Å². The van der Waals surface area contributed by atoms with Gasteiger partial charge < -0.3 is 63.3 Å². The van der Waals surface area contributed by atoms with E-state index in [2.05, 4.69) is 5.32 Å². The Morgan fingerprint density at radius 3 is 1.92 bits per heavy atom. The number of aliphatic hydroxyl groups excluding tert-OH is 1. The van der Waals surface area contributed by atoms with Crippen molar-refractivity contribution in [2.24, 2.45) is 11.8 Å². The maximum absolute atomic E-state index is 12.7. The third kappa shape index (κ3) is 15.8. The molecule has 1 amide bonds. The number of carboxylic acid groups (broad SMARTS) is 2. The lowest BCUT2D eigenvalue weighted by Gasteiger charge is -2.46. The van der Waals surface area contributed by atoms with Gasteiger partial charge in [0.05, 0.1) is 24.7 Å². The molecule has 13 atom stereocenters. The highest BCUT2D eigenvalue weighted by Crippen LogP contribution is 2.34. The van der Waals surface area contributed by atoms with E-state index in [9.17, 15) is 48.9 Å². The normalized spacial score (nSPS) is 29.9. The Morgan fingerprint density at radius 1 is 0.750 bits per heavy atom. The van der Waals surface area contributed by atoms with Crippen LogP contribution in [0.25, 0.3) is 0 Å². The van der Waals surface area contributed by atoms with E-state index in [0.29, 0.717) is 12.8 Å². The number of rotatable bonds is 22. The van der Waals surface area contributed by atoms with Crippen molar-refractivity contribution in [3.05, 3.63) is 0 Å². The van der Waals surface area contributed by atoms with E-state index in [1.807, 2.05) is 6.92 Å². The monoisotopic (exact) mass is 861 g/mol. The van der Waals surface area contributed by atoms with Gasteiger partial charge in [0.2, 0.25) is 5.91 Å². The lowest BCUT2D eigenvalue weighted by Crippen LogP contribution is -2.67. The van der Waals surface area contributed by atoms with Crippen LogP contribution in [0.4, 0.5) is 0 Å². The van der Waals surface area contributed by atoms with Crippen LogP contribution in [0.3, 0.4) is 0 Å². The summed E-state index contributed by atoms with van der Waals surface area (Å²) >= 11 is 0. The van der Waals surface area contributed by atoms with E-state index in [4.69, 9.17) is 42.6 Å². The minimum Gasteiger partial charge on any atom is -0.481 e. The molecule has 0 spiro atoms. The van der Waals surface area contributed by atoms with Crippen molar-refractivity contribution in [1.29, 1.82) is 0 Å². The van der Waals surface area contributed by atoms with E-state index in [0.717, 1.165) is 59.8 Å². The van der Waals surface area contributed by atoms with Crippen LogP contribution in [0.5, 0.6) is 0 Å². The molecule has 0 aromatic carbocycles. The van der Waals surface area contributed by atoms with Gasteiger partial charge in [-0.15, -0.1) is 0 Å². The highest BCUT2D eigenvalue weighted by atomic mass is 16.7. The first kappa shape index (κ1) is 50.4. The van der Waals surface area contributed by atoms with Crippen LogP contribution in [0.2, 0.25) is 0 Å². The zero-order chi connectivity index (χ0) is 44.7. The fourth-order valence-electron chi connectivity index (χ4n) is 7.82. The quantitative estimate of drug-likeness (QED) is 0.0897. The third-order valence-electron chi connectivity index (χ3n) is 10.6. The molecule has 0 radical (unpaired) electrons. The summed E-state index contributed by atoms with van der Waals surface area (Å²) < 4.78 is 52.4. The van der Waals surface area contributed by atoms with Gasteiger partial charge in [-0.2, -0.15) is 0 Å². The van der Waals surface area contributed by atoms with E-state index >= 15 is 0 Å². The molecule has 342 valence electrons.